The van der Waals surface area contributed by atoms with Crippen LogP contribution in [0.4, 0.5) is 0 Å². The SMILES string of the molecule is OC[C@H]1O[C@H](Oc2c(O)cc(O)c3c2O[C@H](c2ccc(O)c(O)c2)[C@H](O)C3)[C@H](O)[C@@H](O)[C@@H]1O. The number of ether oxygens (including phenoxy) is 3. The molecule has 33 heavy (non-hydrogen) atoms. The summed E-state index contributed by atoms with van der Waals surface area (Å²) < 4.78 is 16.7. The van der Waals surface area contributed by atoms with E-state index in [2.05, 4.69) is 0 Å². The summed E-state index contributed by atoms with van der Waals surface area (Å²) in [5.74, 6) is -2.46. The van der Waals surface area contributed by atoms with Crippen LogP contribution in [-0.2, 0) is 11.2 Å². The molecule has 1 fully saturated rings. The van der Waals surface area contributed by atoms with E-state index in [0.29, 0.717) is 0 Å². The molecule has 0 unspecified atom stereocenters. The fourth-order valence-electron chi connectivity index (χ4n) is 3.90. The predicted octanol–water partition coefficient (Wildman–Crippen LogP) is -1.28. The lowest BCUT2D eigenvalue weighted by molar-refractivity contribution is -0.278. The lowest BCUT2D eigenvalue weighted by atomic mass is 9.93. The van der Waals surface area contributed by atoms with E-state index in [-0.39, 0.29) is 29.0 Å². The van der Waals surface area contributed by atoms with Crippen molar-refractivity contribution in [2.24, 2.45) is 0 Å². The van der Waals surface area contributed by atoms with Gasteiger partial charge in [0.25, 0.3) is 0 Å². The average Bonchev–Trinajstić information content (AvgIpc) is 2.78. The molecule has 9 N–H and O–H groups in total. The number of aliphatic hydroxyl groups excluding tert-OH is 5. The number of rotatable bonds is 4. The van der Waals surface area contributed by atoms with Gasteiger partial charge < -0.3 is 60.2 Å². The molecule has 2 aliphatic heterocycles. The molecular formula is C21H24O12. The molecule has 2 aromatic carbocycles. The molecule has 0 amide bonds. The quantitative estimate of drug-likeness (QED) is 0.240. The topological polar surface area (TPSA) is 210 Å². The third-order valence-electron chi connectivity index (χ3n) is 5.71. The van der Waals surface area contributed by atoms with Gasteiger partial charge in [-0.2, -0.15) is 0 Å². The number of aliphatic hydroxyl groups is 5. The Morgan fingerprint density at radius 1 is 0.848 bits per heavy atom. The normalized spacial score (nSPS) is 31.5. The summed E-state index contributed by atoms with van der Waals surface area (Å²) in [6.45, 7) is -0.695. The van der Waals surface area contributed by atoms with E-state index in [0.717, 1.165) is 6.07 Å². The summed E-state index contributed by atoms with van der Waals surface area (Å²) >= 11 is 0. The van der Waals surface area contributed by atoms with Gasteiger partial charge in [0.1, 0.15) is 30.2 Å². The molecule has 2 aromatic rings. The standard InChI is InChI=1S/C21H24O12/c22-6-14-15(28)16(29)17(30)21(31-14)33-20-13(27)5-10(24)8-4-12(26)18(32-19(8)20)7-1-2-9(23)11(25)3-7/h1-3,5,12,14-18,21-30H,4,6H2/t12-,14-,15-,16+,17-,18-,21-/m1/s1. The average molecular weight is 468 g/mol. The highest BCUT2D eigenvalue weighted by Crippen LogP contribution is 2.51. The number of fused-ring (bicyclic) bond motifs is 1. The number of phenols is 4. The predicted molar refractivity (Wildman–Crippen MR) is 107 cm³/mol. The Morgan fingerprint density at radius 2 is 1.58 bits per heavy atom. The molecule has 0 spiro atoms. The van der Waals surface area contributed by atoms with Gasteiger partial charge in [0.15, 0.2) is 29.1 Å². The van der Waals surface area contributed by atoms with Crippen molar-refractivity contribution in [3.63, 3.8) is 0 Å². The van der Waals surface area contributed by atoms with Gasteiger partial charge in [-0.1, -0.05) is 6.07 Å². The maximum absolute atomic E-state index is 10.6. The summed E-state index contributed by atoms with van der Waals surface area (Å²) in [7, 11) is 0. The van der Waals surface area contributed by atoms with E-state index in [4.69, 9.17) is 14.2 Å². The Kier molecular flexibility index (Phi) is 6.14. The zero-order valence-corrected chi connectivity index (χ0v) is 17.0. The van der Waals surface area contributed by atoms with Crippen molar-refractivity contribution in [2.75, 3.05) is 6.61 Å². The third kappa shape index (κ3) is 4.08. The molecular weight excluding hydrogens is 444 g/mol. The Morgan fingerprint density at radius 3 is 2.24 bits per heavy atom. The fourth-order valence-corrected chi connectivity index (χ4v) is 3.90. The first-order chi connectivity index (χ1) is 15.6. The smallest absolute Gasteiger partial charge is 0.229 e. The summed E-state index contributed by atoms with van der Waals surface area (Å²) in [5, 5.41) is 90.1. The van der Waals surface area contributed by atoms with Crippen molar-refractivity contribution in [3.8, 4) is 34.5 Å². The maximum atomic E-state index is 10.6. The number of benzene rings is 2. The van der Waals surface area contributed by atoms with E-state index < -0.39 is 72.5 Å². The lowest BCUT2D eigenvalue weighted by Crippen LogP contribution is -2.60. The first-order valence-corrected chi connectivity index (χ1v) is 10.0. The molecule has 0 bridgehead atoms. The Labute approximate surface area is 186 Å². The first-order valence-electron chi connectivity index (χ1n) is 10.0. The van der Waals surface area contributed by atoms with Crippen molar-refractivity contribution in [3.05, 3.63) is 35.4 Å². The molecule has 2 heterocycles. The Hall–Kier alpha value is -3.00. The van der Waals surface area contributed by atoms with Crippen LogP contribution in [0.15, 0.2) is 24.3 Å². The van der Waals surface area contributed by atoms with Gasteiger partial charge in [0.05, 0.1) is 12.7 Å². The van der Waals surface area contributed by atoms with Gasteiger partial charge in [-0.3, -0.25) is 0 Å². The van der Waals surface area contributed by atoms with Crippen molar-refractivity contribution >= 4 is 0 Å². The van der Waals surface area contributed by atoms with Crippen LogP contribution in [0.25, 0.3) is 0 Å². The van der Waals surface area contributed by atoms with Gasteiger partial charge >= 0.3 is 0 Å². The molecule has 12 nitrogen and oxygen atoms in total. The molecule has 1 saturated heterocycles. The number of hydrogen-bond donors (Lipinski definition) is 9. The number of phenolic OH excluding ortho intramolecular Hbond substituents is 4. The molecule has 4 rings (SSSR count). The van der Waals surface area contributed by atoms with Crippen LogP contribution in [0, 0.1) is 0 Å². The minimum atomic E-state index is -1.77. The highest BCUT2D eigenvalue weighted by atomic mass is 16.7. The summed E-state index contributed by atoms with van der Waals surface area (Å²) in [6, 6.07) is 4.70. The van der Waals surface area contributed by atoms with Crippen molar-refractivity contribution in [1.29, 1.82) is 0 Å². The summed E-state index contributed by atoms with van der Waals surface area (Å²) in [6.07, 6.45) is -10.5. The number of hydrogen-bond acceptors (Lipinski definition) is 12. The zero-order valence-electron chi connectivity index (χ0n) is 17.0. The lowest BCUT2D eigenvalue weighted by Gasteiger charge is -2.40. The van der Waals surface area contributed by atoms with Gasteiger partial charge in [-0.25, -0.2) is 0 Å². The minimum absolute atomic E-state index is 0.0686. The molecule has 7 atom stereocenters. The van der Waals surface area contributed by atoms with Crippen LogP contribution in [-0.4, -0.2) is 89.4 Å². The van der Waals surface area contributed by atoms with Crippen LogP contribution >= 0.6 is 0 Å². The van der Waals surface area contributed by atoms with Gasteiger partial charge in [-0.05, 0) is 17.7 Å². The Balaban J connectivity index is 1.70. The van der Waals surface area contributed by atoms with Crippen LogP contribution in [0.5, 0.6) is 34.5 Å². The molecule has 0 aliphatic carbocycles. The Bertz CT molecular complexity index is 1020. The van der Waals surface area contributed by atoms with E-state index in [1.807, 2.05) is 0 Å². The second-order valence-corrected chi connectivity index (χ2v) is 7.92. The largest absolute Gasteiger partial charge is 0.507 e. The maximum Gasteiger partial charge on any atom is 0.229 e. The van der Waals surface area contributed by atoms with Gasteiger partial charge in [-0.15, -0.1) is 0 Å². The number of aromatic hydroxyl groups is 4. The summed E-state index contributed by atoms with van der Waals surface area (Å²) in [5.41, 5.74) is 0.337. The van der Waals surface area contributed by atoms with E-state index >= 15 is 0 Å². The third-order valence-corrected chi connectivity index (χ3v) is 5.71. The molecule has 180 valence electrons. The van der Waals surface area contributed by atoms with Crippen LogP contribution in [0.1, 0.15) is 17.2 Å². The highest BCUT2D eigenvalue weighted by molar-refractivity contribution is 5.62. The van der Waals surface area contributed by atoms with Crippen molar-refractivity contribution in [1.82, 2.24) is 0 Å². The zero-order chi connectivity index (χ0) is 24.0. The van der Waals surface area contributed by atoms with E-state index in [9.17, 15) is 46.0 Å². The molecule has 2 aliphatic rings. The van der Waals surface area contributed by atoms with E-state index in [1.54, 1.807) is 0 Å². The molecule has 0 radical (unpaired) electrons. The van der Waals surface area contributed by atoms with Gasteiger partial charge in [0, 0.05) is 18.1 Å². The van der Waals surface area contributed by atoms with E-state index in [1.165, 1.54) is 18.2 Å². The van der Waals surface area contributed by atoms with Crippen molar-refractivity contribution in [2.45, 2.75) is 49.3 Å². The highest BCUT2D eigenvalue weighted by Gasteiger charge is 2.46. The first kappa shape index (κ1) is 23.2. The fraction of sp³-hybridized carbons (Fsp3) is 0.429. The second-order valence-electron chi connectivity index (χ2n) is 7.92. The van der Waals surface area contributed by atoms with Crippen LogP contribution in [0.3, 0.4) is 0 Å². The van der Waals surface area contributed by atoms with Gasteiger partial charge in [0.2, 0.25) is 12.0 Å². The molecule has 12 heteroatoms. The summed E-state index contributed by atoms with van der Waals surface area (Å²) in [4.78, 5) is 0. The monoisotopic (exact) mass is 468 g/mol. The van der Waals surface area contributed by atoms with Crippen molar-refractivity contribution < 1.29 is 60.2 Å². The van der Waals surface area contributed by atoms with Crippen LogP contribution < -0.4 is 9.47 Å². The second kappa shape index (κ2) is 8.74. The minimum Gasteiger partial charge on any atom is -0.507 e. The molecule has 0 saturated carbocycles. The van der Waals surface area contributed by atoms with Crippen LogP contribution in [0.2, 0.25) is 0 Å². The molecule has 0 aromatic heterocycles.